The first-order chi connectivity index (χ1) is 11.9. The fourth-order valence-corrected chi connectivity index (χ4v) is 7.34. The zero-order valence-electron chi connectivity index (χ0n) is 14.9. The molecule has 5 aliphatic rings. The lowest BCUT2D eigenvalue weighted by atomic mass is 9.42. The summed E-state index contributed by atoms with van der Waals surface area (Å²) < 4.78 is 24.5. The first kappa shape index (κ1) is 14.8. The summed E-state index contributed by atoms with van der Waals surface area (Å²) >= 11 is 0. The predicted octanol–water partition coefficient (Wildman–Crippen LogP) is 3.38. The van der Waals surface area contributed by atoms with Gasteiger partial charge in [-0.15, -0.1) is 0 Å². The second-order valence-corrected chi connectivity index (χ2v) is 9.37. The topological polar surface area (TPSA) is 57.9 Å². The van der Waals surface area contributed by atoms with Crippen LogP contribution in [0.2, 0.25) is 0 Å². The van der Waals surface area contributed by atoms with Crippen molar-refractivity contribution in [2.75, 3.05) is 0 Å². The zero-order chi connectivity index (χ0) is 17.2. The summed E-state index contributed by atoms with van der Waals surface area (Å²) in [4.78, 5) is 12.6. The highest BCUT2D eigenvalue weighted by Crippen LogP contribution is 2.76. The maximum atomic E-state index is 12.6. The van der Waals surface area contributed by atoms with Crippen LogP contribution in [0, 0.1) is 22.7 Å². The highest BCUT2D eigenvalue weighted by molar-refractivity contribution is 5.77. The molecule has 0 radical (unpaired) electrons. The molecule has 0 amide bonds. The number of esters is 1. The summed E-state index contributed by atoms with van der Waals surface area (Å²) in [6.07, 6.45) is 6.90. The molecule has 0 aromatic carbocycles. The Balaban J connectivity index is 1.56. The van der Waals surface area contributed by atoms with Crippen LogP contribution in [0.5, 0.6) is 0 Å². The van der Waals surface area contributed by atoms with Gasteiger partial charge in [0.2, 0.25) is 0 Å². The monoisotopic (exact) mass is 344 g/mol. The van der Waals surface area contributed by atoms with Gasteiger partial charge in [0.25, 0.3) is 0 Å². The van der Waals surface area contributed by atoms with Gasteiger partial charge in [-0.1, -0.05) is 20.3 Å². The van der Waals surface area contributed by atoms with Crippen molar-refractivity contribution in [2.45, 2.75) is 70.1 Å². The van der Waals surface area contributed by atoms with Crippen LogP contribution in [-0.4, -0.2) is 23.8 Å². The Kier molecular flexibility index (Phi) is 2.36. The van der Waals surface area contributed by atoms with E-state index < -0.39 is 11.4 Å². The van der Waals surface area contributed by atoms with E-state index in [-0.39, 0.29) is 34.9 Å². The lowest BCUT2D eigenvalue weighted by Crippen LogP contribution is -2.70. The van der Waals surface area contributed by atoms with Crippen molar-refractivity contribution < 1.29 is 23.4 Å². The second kappa shape index (κ2) is 3.99. The van der Waals surface area contributed by atoms with E-state index in [0.717, 1.165) is 31.2 Å². The standard InChI is InChI=1S/C20H24O5/c1-17-10-20(11-7-8-22-9-11)24-15(19(17,3)25-20)14-18(2)12(16(21)23-14)5-4-6-13(17)18/h7-9,12-15H,4-6,10H2,1-3H3. The lowest BCUT2D eigenvalue weighted by Gasteiger charge is -2.63. The summed E-state index contributed by atoms with van der Waals surface area (Å²) in [5, 5.41) is 0. The fourth-order valence-electron chi connectivity index (χ4n) is 7.34. The largest absolute Gasteiger partial charge is 0.472 e. The molecule has 8 unspecified atom stereocenters. The second-order valence-electron chi connectivity index (χ2n) is 9.37. The Morgan fingerprint density at radius 2 is 2.00 bits per heavy atom. The molecule has 0 N–H and O–H groups in total. The van der Waals surface area contributed by atoms with Crippen molar-refractivity contribution in [1.29, 1.82) is 0 Å². The number of ether oxygens (including phenoxy) is 3. The van der Waals surface area contributed by atoms with Gasteiger partial charge in [-0.25, -0.2) is 0 Å². The molecular formula is C20H24O5. The molecule has 3 saturated heterocycles. The van der Waals surface area contributed by atoms with Crippen LogP contribution in [-0.2, 0) is 24.8 Å². The van der Waals surface area contributed by atoms with E-state index in [1.165, 1.54) is 0 Å². The zero-order valence-corrected chi connectivity index (χ0v) is 14.9. The van der Waals surface area contributed by atoms with E-state index in [2.05, 4.69) is 20.8 Å². The van der Waals surface area contributed by atoms with Crippen LogP contribution >= 0.6 is 0 Å². The number of carbonyl (C=O) groups excluding carboxylic acids is 1. The van der Waals surface area contributed by atoms with Crippen LogP contribution in [0.25, 0.3) is 0 Å². The van der Waals surface area contributed by atoms with Crippen LogP contribution in [0.4, 0.5) is 0 Å². The SMILES string of the molecule is CC12C3CCCC1C1(C)CC4(c5ccoc5)OC(C2OC3=O)C1(C)O4. The van der Waals surface area contributed by atoms with Gasteiger partial charge in [0.05, 0.1) is 18.4 Å². The van der Waals surface area contributed by atoms with Crippen LogP contribution < -0.4 is 0 Å². The Bertz CT molecular complexity index is 773. The van der Waals surface area contributed by atoms with Crippen molar-refractivity contribution >= 4 is 5.97 Å². The molecule has 2 aliphatic carbocycles. The van der Waals surface area contributed by atoms with Crippen molar-refractivity contribution in [3.05, 3.63) is 24.2 Å². The molecule has 5 fully saturated rings. The Morgan fingerprint density at radius 1 is 1.16 bits per heavy atom. The molecule has 0 spiro atoms. The average Bonchev–Trinajstić information content (AvgIpc) is 3.27. The van der Waals surface area contributed by atoms with Gasteiger partial charge in [0, 0.05) is 22.8 Å². The van der Waals surface area contributed by atoms with Gasteiger partial charge in [0.1, 0.15) is 17.8 Å². The number of furan rings is 1. The molecule has 8 atom stereocenters. The normalized spacial score (nSPS) is 58.3. The van der Waals surface area contributed by atoms with Gasteiger partial charge in [0.15, 0.2) is 5.79 Å². The molecule has 134 valence electrons. The summed E-state index contributed by atoms with van der Waals surface area (Å²) in [6, 6.07) is 1.93. The molecule has 2 bridgehead atoms. The Labute approximate surface area is 147 Å². The predicted molar refractivity (Wildman–Crippen MR) is 86.3 cm³/mol. The van der Waals surface area contributed by atoms with Crippen molar-refractivity contribution in [3.63, 3.8) is 0 Å². The molecule has 1 aromatic rings. The third-order valence-electron chi connectivity index (χ3n) is 8.60. The summed E-state index contributed by atoms with van der Waals surface area (Å²) in [7, 11) is 0. The average molecular weight is 344 g/mol. The van der Waals surface area contributed by atoms with Crippen LogP contribution in [0.15, 0.2) is 23.0 Å². The summed E-state index contributed by atoms with van der Waals surface area (Å²) in [5.41, 5.74) is 0.284. The van der Waals surface area contributed by atoms with E-state index >= 15 is 0 Å². The van der Waals surface area contributed by atoms with E-state index in [0.29, 0.717) is 5.92 Å². The van der Waals surface area contributed by atoms with Crippen LogP contribution in [0.1, 0.15) is 52.0 Å². The summed E-state index contributed by atoms with van der Waals surface area (Å²) in [5.74, 6) is -0.403. The molecule has 3 aliphatic heterocycles. The highest BCUT2D eigenvalue weighted by Gasteiger charge is 2.83. The Hall–Kier alpha value is -1.33. The van der Waals surface area contributed by atoms with Gasteiger partial charge >= 0.3 is 5.97 Å². The molecule has 1 aromatic heterocycles. The molecule has 2 saturated carbocycles. The van der Waals surface area contributed by atoms with Crippen molar-refractivity contribution in [3.8, 4) is 0 Å². The molecule has 6 rings (SSSR count). The quantitative estimate of drug-likeness (QED) is 0.731. The smallest absolute Gasteiger partial charge is 0.310 e. The van der Waals surface area contributed by atoms with Crippen molar-refractivity contribution in [1.82, 2.24) is 0 Å². The first-order valence-corrected chi connectivity index (χ1v) is 9.46. The van der Waals surface area contributed by atoms with E-state index in [9.17, 15) is 4.79 Å². The molecular weight excluding hydrogens is 320 g/mol. The van der Waals surface area contributed by atoms with Crippen LogP contribution in [0.3, 0.4) is 0 Å². The fraction of sp³-hybridized carbons (Fsp3) is 0.750. The lowest BCUT2D eigenvalue weighted by molar-refractivity contribution is -0.247. The molecule has 5 nitrogen and oxygen atoms in total. The van der Waals surface area contributed by atoms with E-state index in [4.69, 9.17) is 18.6 Å². The third-order valence-corrected chi connectivity index (χ3v) is 8.60. The number of carbonyl (C=O) groups is 1. The van der Waals surface area contributed by atoms with Crippen molar-refractivity contribution in [2.24, 2.45) is 22.7 Å². The number of hydrogen-bond donors (Lipinski definition) is 0. The van der Waals surface area contributed by atoms with E-state index in [1.807, 2.05) is 6.07 Å². The number of rotatable bonds is 1. The molecule has 25 heavy (non-hydrogen) atoms. The maximum absolute atomic E-state index is 12.6. The minimum Gasteiger partial charge on any atom is -0.472 e. The summed E-state index contributed by atoms with van der Waals surface area (Å²) in [6.45, 7) is 6.78. The first-order valence-electron chi connectivity index (χ1n) is 9.46. The van der Waals surface area contributed by atoms with Gasteiger partial charge in [-0.3, -0.25) is 4.79 Å². The number of fused-ring (bicyclic) bond motifs is 3. The molecule has 5 heteroatoms. The third kappa shape index (κ3) is 1.32. The Morgan fingerprint density at radius 3 is 2.76 bits per heavy atom. The van der Waals surface area contributed by atoms with Gasteiger partial charge in [-0.2, -0.15) is 0 Å². The minimum atomic E-state index is -0.773. The molecule has 4 heterocycles. The number of hydrogen-bond acceptors (Lipinski definition) is 5. The van der Waals surface area contributed by atoms with Gasteiger partial charge in [-0.05, 0) is 31.7 Å². The highest BCUT2D eigenvalue weighted by atomic mass is 16.8. The van der Waals surface area contributed by atoms with E-state index in [1.54, 1.807) is 12.5 Å². The maximum Gasteiger partial charge on any atom is 0.310 e. The minimum absolute atomic E-state index is 0.00532. The van der Waals surface area contributed by atoms with Gasteiger partial charge < -0.3 is 18.6 Å².